The Morgan fingerprint density at radius 3 is 2.09 bits per heavy atom. The molecule has 0 saturated carbocycles. The molecule has 5 nitrogen and oxygen atoms in total. The maximum Gasteiger partial charge on any atom is 0.251 e. The van der Waals surface area contributed by atoms with Gasteiger partial charge in [-0.3, -0.25) is 9.59 Å². The molecule has 0 aromatic heterocycles. The number of aliphatic hydroxyl groups is 1. The fourth-order valence-electron chi connectivity index (χ4n) is 2.15. The second-order valence-electron chi connectivity index (χ2n) is 4.98. The average molecular weight is 298 g/mol. The molecule has 2 atom stereocenters. The van der Waals surface area contributed by atoms with Crippen LogP contribution in [0.15, 0.2) is 60.7 Å². The molecule has 0 radical (unpaired) electrons. The fraction of sp³-hybridized carbons (Fsp3) is 0.176. The molecule has 2 amide bonds. The summed E-state index contributed by atoms with van der Waals surface area (Å²) < 4.78 is 0. The van der Waals surface area contributed by atoms with Crippen molar-refractivity contribution in [1.82, 2.24) is 5.32 Å². The number of aliphatic hydroxyl groups excluding tert-OH is 1. The minimum atomic E-state index is -1.45. The lowest BCUT2D eigenvalue weighted by molar-refractivity contribution is -0.127. The highest BCUT2D eigenvalue weighted by atomic mass is 16.3. The van der Waals surface area contributed by atoms with Gasteiger partial charge in [-0.05, 0) is 24.1 Å². The summed E-state index contributed by atoms with van der Waals surface area (Å²) >= 11 is 0. The van der Waals surface area contributed by atoms with Crippen molar-refractivity contribution in [1.29, 1.82) is 0 Å². The van der Waals surface area contributed by atoms with Gasteiger partial charge in [0.15, 0.2) is 6.10 Å². The van der Waals surface area contributed by atoms with Crippen LogP contribution in [-0.2, 0) is 11.2 Å². The summed E-state index contributed by atoms with van der Waals surface area (Å²) in [6.45, 7) is 0. The van der Waals surface area contributed by atoms with Gasteiger partial charge in [-0.2, -0.15) is 0 Å². The number of nitrogens with one attached hydrogen (secondary N) is 1. The van der Waals surface area contributed by atoms with E-state index in [4.69, 9.17) is 5.73 Å². The first-order valence-corrected chi connectivity index (χ1v) is 6.95. The number of carbonyl (C=O) groups excluding carboxylic acids is 2. The molecule has 2 aromatic carbocycles. The standard InChI is InChI=1S/C17H18N2O3/c18-16(21)15(20)14(11-12-7-3-1-4-8-12)19-17(22)13-9-5-2-6-10-13/h1-10,14-15,20H,11H2,(H2,18,21)(H,19,22)/t14-,15?/m0/s1. The van der Waals surface area contributed by atoms with Crippen molar-refractivity contribution in [3.63, 3.8) is 0 Å². The number of nitrogens with two attached hydrogens (primary N) is 1. The normalized spacial score (nSPS) is 13.1. The maximum atomic E-state index is 12.2. The summed E-state index contributed by atoms with van der Waals surface area (Å²) in [7, 11) is 0. The molecule has 0 saturated heterocycles. The van der Waals surface area contributed by atoms with E-state index in [9.17, 15) is 14.7 Å². The Morgan fingerprint density at radius 1 is 1.00 bits per heavy atom. The monoisotopic (exact) mass is 298 g/mol. The van der Waals surface area contributed by atoms with Crippen LogP contribution in [0.3, 0.4) is 0 Å². The van der Waals surface area contributed by atoms with Crippen molar-refractivity contribution in [3.05, 3.63) is 71.8 Å². The van der Waals surface area contributed by atoms with Crippen molar-refractivity contribution in [2.45, 2.75) is 18.6 Å². The van der Waals surface area contributed by atoms with Crippen LogP contribution in [0.1, 0.15) is 15.9 Å². The molecule has 0 bridgehead atoms. The van der Waals surface area contributed by atoms with Crippen molar-refractivity contribution < 1.29 is 14.7 Å². The molecular weight excluding hydrogens is 280 g/mol. The SMILES string of the molecule is NC(=O)C(O)[C@H](Cc1ccccc1)NC(=O)c1ccccc1. The van der Waals surface area contributed by atoms with Gasteiger partial charge < -0.3 is 16.2 Å². The van der Waals surface area contributed by atoms with Crippen LogP contribution >= 0.6 is 0 Å². The van der Waals surface area contributed by atoms with E-state index in [2.05, 4.69) is 5.32 Å². The lowest BCUT2D eigenvalue weighted by Crippen LogP contribution is -2.50. The predicted molar refractivity (Wildman–Crippen MR) is 83.0 cm³/mol. The van der Waals surface area contributed by atoms with E-state index in [1.807, 2.05) is 30.3 Å². The van der Waals surface area contributed by atoms with Crippen molar-refractivity contribution in [2.75, 3.05) is 0 Å². The molecule has 0 fully saturated rings. The molecule has 0 aliphatic carbocycles. The topological polar surface area (TPSA) is 92.4 Å². The summed E-state index contributed by atoms with van der Waals surface area (Å²) in [4.78, 5) is 23.5. The first-order chi connectivity index (χ1) is 10.6. The maximum absolute atomic E-state index is 12.2. The third-order valence-electron chi connectivity index (χ3n) is 3.32. The van der Waals surface area contributed by atoms with Gasteiger partial charge in [0.05, 0.1) is 6.04 Å². The van der Waals surface area contributed by atoms with E-state index in [1.165, 1.54) is 0 Å². The van der Waals surface area contributed by atoms with E-state index < -0.39 is 18.1 Å². The van der Waals surface area contributed by atoms with Crippen LogP contribution in [0.25, 0.3) is 0 Å². The third kappa shape index (κ3) is 4.17. The highest BCUT2D eigenvalue weighted by Gasteiger charge is 2.26. The molecular formula is C17H18N2O3. The molecule has 22 heavy (non-hydrogen) atoms. The second-order valence-corrected chi connectivity index (χ2v) is 4.98. The molecule has 4 N–H and O–H groups in total. The number of rotatable bonds is 6. The number of carbonyl (C=O) groups is 2. The summed E-state index contributed by atoms with van der Waals surface area (Å²) in [5.41, 5.74) is 6.51. The Balaban J connectivity index is 2.14. The van der Waals surface area contributed by atoms with E-state index in [1.54, 1.807) is 30.3 Å². The smallest absolute Gasteiger partial charge is 0.251 e. The highest BCUT2D eigenvalue weighted by molar-refractivity contribution is 5.94. The van der Waals surface area contributed by atoms with E-state index in [0.717, 1.165) is 5.56 Å². The predicted octanol–water partition coefficient (Wildman–Crippen LogP) is 0.874. The molecule has 2 aromatic rings. The zero-order valence-electron chi connectivity index (χ0n) is 12.0. The summed E-state index contributed by atoms with van der Waals surface area (Å²) in [6.07, 6.45) is -1.14. The molecule has 0 heterocycles. The van der Waals surface area contributed by atoms with Gasteiger partial charge in [-0.1, -0.05) is 48.5 Å². The van der Waals surface area contributed by atoms with Crippen LogP contribution in [0, 0.1) is 0 Å². The highest BCUT2D eigenvalue weighted by Crippen LogP contribution is 2.08. The first-order valence-electron chi connectivity index (χ1n) is 6.95. The molecule has 2 rings (SSSR count). The molecule has 114 valence electrons. The van der Waals surface area contributed by atoms with Crippen LogP contribution in [0.2, 0.25) is 0 Å². The fourth-order valence-corrected chi connectivity index (χ4v) is 2.15. The molecule has 5 heteroatoms. The van der Waals surface area contributed by atoms with Gasteiger partial charge in [-0.25, -0.2) is 0 Å². The summed E-state index contributed by atoms with van der Waals surface area (Å²) in [5.74, 6) is -1.23. The quantitative estimate of drug-likeness (QED) is 0.739. The minimum Gasteiger partial charge on any atom is -0.381 e. The average Bonchev–Trinajstić information content (AvgIpc) is 2.55. The van der Waals surface area contributed by atoms with Crippen molar-refractivity contribution in [2.24, 2.45) is 5.73 Å². The van der Waals surface area contributed by atoms with E-state index >= 15 is 0 Å². The van der Waals surface area contributed by atoms with E-state index in [0.29, 0.717) is 12.0 Å². The lowest BCUT2D eigenvalue weighted by Gasteiger charge is -2.22. The molecule has 0 aliphatic rings. The molecule has 0 spiro atoms. The molecule has 1 unspecified atom stereocenters. The van der Waals surface area contributed by atoms with Gasteiger partial charge >= 0.3 is 0 Å². The Kier molecular flexibility index (Phi) is 5.27. The second kappa shape index (κ2) is 7.38. The van der Waals surface area contributed by atoms with Crippen molar-refractivity contribution in [3.8, 4) is 0 Å². The Hall–Kier alpha value is -2.66. The zero-order valence-corrected chi connectivity index (χ0v) is 12.0. The van der Waals surface area contributed by atoms with Crippen LogP contribution in [-0.4, -0.2) is 29.1 Å². The van der Waals surface area contributed by atoms with E-state index in [-0.39, 0.29) is 5.91 Å². The number of hydrogen-bond acceptors (Lipinski definition) is 3. The van der Waals surface area contributed by atoms with Crippen LogP contribution < -0.4 is 11.1 Å². The number of primary amides is 1. The minimum absolute atomic E-state index is 0.309. The largest absolute Gasteiger partial charge is 0.381 e. The third-order valence-corrected chi connectivity index (χ3v) is 3.32. The first kappa shape index (κ1) is 15.7. The van der Waals surface area contributed by atoms with Gasteiger partial charge in [0.25, 0.3) is 5.91 Å². The van der Waals surface area contributed by atoms with Crippen LogP contribution in [0.5, 0.6) is 0 Å². The number of hydrogen-bond donors (Lipinski definition) is 3. The Morgan fingerprint density at radius 2 is 1.55 bits per heavy atom. The van der Waals surface area contributed by atoms with Gasteiger partial charge in [0.1, 0.15) is 0 Å². The van der Waals surface area contributed by atoms with Gasteiger partial charge in [0, 0.05) is 5.56 Å². The van der Waals surface area contributed by atoms with Gasteiger partial charge in [0.2, 0.25) is 5.91 Å². The number of benzene rings is 2. The van der Waals surface area contributed by atoms with Crippen LogP contribution in [0.4, 0.5) is 0 Å². The Bertz CT molecular complexity index is 629. The van der Waals surface area contributed by atoms with Crippen molar-refractivity contribution >= 4 is 11.8 Å². The Labute approximate surface area is 128 Å². The molecule has 0 aliphatic heterocycles. The number of amides is 2. The summed E-state index contributed by atoms with van der Waals surface area (Å²) in [5, 5.41) is 12.6. The zero-order chi connectivity index (χ0) is 15.9. The van der Waals surface area contributed by atoms with Gasteiger partial charge in [-0.15, -0.1) is 0 Å². The summed E-state index contributed by atoms with van der Waals surface area (Å²) in [6, 6.07) is 17.1. The lowest BCUT2D eigenvalue weighted by atomic mass is 10.0.